The molecule has 0 spiro atoms. The number of carbonyl (C=O) groups excluding carboxylic acids is 1. The van der Waals surface area contributed by atoms with Crippen LogP contribution >= 0.6 is 11.6 Å². The van der Waals surface area contributed by atoms with Crippen LogP contribution in [0.4, 0.5) is 0 Å². The smallest absolute Gasteiger partial charge is 0.235 e. The molecule has 150 valence electrons. The third-order valence-corrected chi connectivity index (χ3v) is 4.33. The van der Waals surface area contributed by atoms with Crippen molar-refractivity contribution in [3.05, 3.63) is 47.5 Å². The highest BCUT2D eigenvalue weighted by molar-refractivity contribution is 6.27. The molecule has 0 aliphatic rings. The van der Waals surface area contributed by atoms with E-state index in [-0.39, 0.29) is 18.3 Å². The molecule has 0 fully saturated rings. The van der Waals surface area contributed by atoms with E-state index in [0.717, 1.165) is 22.4 Å². The Labute approximate surface area is 170 Å². The highest BCUT2D eigenvalue weighted by Crippen LogP contribution is 2.40. The molecule has 0 saturated carbocycles. The number of rotatable bonds is 9. The fourth-order valence-electron chi connectivity index (χ4n) is 2.65. The Hall–Kier alpha value is -2.86. The molecule has 2 aromatic rings. The summed E-state index contributed by atoms with van der Waals surface area (Å²) in [6.45, 7) is 0.288. The summed E-state index contributed by atoms with van der Waals surface area (Å²) >= 11 is 5.61. The van der Waals surface area contributed by atoms with Crippen molar-refractivity contribution in [1.82, 2.24) is 5.32 Å². The van der Waals surface area contributed by atoms with Gasteiger partial charge in [0.15, 0.2) is 11.5 Å². The van der Waals surface area contributed by atoms with E-state index in [0.29, 0.717) is 17.2 Å². The minimum absolute atomic E-state index is 0.106. The molecule has 0 radical (unpaired) electrons. The van der Waals surface area contributed by atoms with Crippen LogP contribution in [0.2, 0.25) is 0 Å². The summed E-state index contributed by atoms with van der Waals surface area (Å²) in [6.07, 6.45) is 1.97. The van der Waals surface area contributed by atoms with Gasteiger partial charge in [-0.15, -0.1) is 11.6 Å². The SMILES string of the molecule is COc1ccc(/C=C(/CNC(=O)CCl)c2cc(OC)c(OC)c(OC)c2)cc1. The van der Waals surface area contributed by atoms with Gasteiger partial charge in [-0.2, -0.15) is 0 Å². The maximum atomic E-state index is 11.7. The standard InChI is InChI=1S/C21H24ClNO5/c1-25-17-7-5-14(6-8-17)9-16(13-23-20(24)12-22)15-10-18(26-2)21(28-4)19(11-15)27-3/h5-11H,12-13H2,1-4H3,(H,23,24)/b16-9-. The molecule has 0 saturated heterocycles. The molecule has 0 bridgehead atoms. The van der Waals surface area contributed by atoms with Crippen LogP contribution in [0.25, 0.3) is 11.6 Å². The third kappa shape index (κ3) is 5.33. The molecule has 0 aromatic heterocycles. The van der Waals surface area contributed by atoms with E-state index in [2.05, 4.69) is 5.32 Å². The molecule has 28 heavy (non-hydrogen) atoms. The van der Waals surface area contributed by atoms with Gasteiger partial charge in [-0.25, -0.2) is 0 Å². The second-order valence-electron chi connectivity index (χ2n) is 5.77. The lowest BCUT2D eigenvalue weighted by Gasteiger charge is -2.16. The van der Waals surface area contributed by atoms with Crippen molar-refractivity contribution in [1.29, 1.82) is 0 Å². The van der Waals surface area contributed by atoms with Gasteiger partial charge in [-0.3, -0.25) is 4.79 Å². The zero-order valence-corrected chi connectivity index (χ0v) is 17.1. The normalized spacial score (nSPS) is 11.0. The molecule has 0 atom stereocenters. The van der Waals surface area contributed by atoms with Gasteiger partial charge in [-0.05, 0) is 47.0 Å². The molecular weight excluding hydrogens is 382 g/mol. The highest BCUT2D eigenvalue weighted by atomic mass is 35.5. The van der Waals surface area contributed by atoms with Crippen molar-refractivity contribution in [3.63, 3.8) is 0 Å². The van der Waals surface area contributed by atoms with Crippen LogP contribution in [0.3, 0.4) is 0 Å². The maximum Gasteiger partial charge on any atom is 0.235 e. The summed E-state index contributed by atoms with van der Waals surface area (Å²) in [6, 6.07) is 11.3. The topological polar surface area (TPSA) is 66.0 Å². The minimum atomic E-state index is -0.255. The predicted octanol–water partition coefficient (Wildman–Crippen LogP) is 3.62. The second-order valence-corrected chi connectivity index (χ2v) is 6.03. The van der Waals surface area contributed by atoms with Crippen molar-refractivity contribution in [2.75, 3.05) is 40.9 Å². The molecule has 2 rings (SSSR count). The Morgan fingerprint density at radius 1 is 0.964 bits per heavy atom. The molecule has 0 aliphatic carbocycles. The number of benzene rings is 2. The Morgan fingerprint density at radius 2 is 1.57 bits per heavy atom. The number of ether oxygens (including phenoxy) is 4. The first-order valence-electron chi connectivity index (χ1n) is 8.53. The Kier molecular flexibility index (Phi) is 8.02. The van der Waals surface area contributed by atoms with E-state index in [1.165, 1.54) is 0 Å². The summed E-state index contributed by atoms with van der Waals surface area (Å²) in [5.41, 5.74) is 2.62. The summed E-state index contributed by atoms with van der Waals surface area (Å²) in [4.78, 5) is 11.7. The fraction of sp³-hybridized carbons (Fsp3) is 0.286. The Morgan fingerprint density at radius 3 is 2.04 bits per heavy atom. The van der Waals surface area contributed by atoms with Crippen LogP contribution in [0.15, 0.2) is 36.4 Å². The fourth-order valence-corrected chi connectivity index (χ4v) is 2.74. The quantitative estimate of drug-likeness (QED) is 0.510. The van der Waals surface area contributed by atoms with Crippen molar-refractivity contribution < 1.29 is 23.7 Å². The van der Waals surface area contributed by atoms with Gasteiger partial charge in [0.2, 0.25) is 11.7 Å². The van der Waals surface area contributed by atoms with Crippen LogP contribution in [0, 0.1) is 0 Å². The summed E-state index contributed by atoms with van der Waals surface area (Å²) in [5, 5.41) is 2.80. The van der Waals surface area contributed by atoms with Gasteiger partial charge in [0, 0.05) is 6.54 Å². The molecule has 0 aliphatic heterocycles. The van der Waals surface area contributed by atoms with Crippen LogP contribution in [0.1, 0.15) is 11.1 Å². The number of nitrogens with one attached hydrogen (secondary N) is 1. The van der Waals surface area contributed by atoms with Crippen molar-refractivity contribution in [3.8, 4) is 23.0 Å². The van der Waals surface area contributed by atoms with Crippen molar-refractivity contribution >= 4 is 29.2 Å². The lowest BCUT2D eigenvalue weighted by atomic mass is 10.0. The minimum Gasteiger partial charge on any atom is -0.497 e. The molecular formula is C21H24ClNO5. The zero-order chi connectivity index (χ0) is 20.5. The summed E-state index contributed by atoms with van der Waals surface area (Å²) in [7, 11) is 6.29. The molecule has 7 heteroatoms. The van der Waals surface area contributed by atoms with Crippen molar-refractivity contribution in [2.24, 2.45) is 0 Å². The van der Waals surface area contributed by atoms with E-state index in [9.17, 15) is 4.79 Å². The molecule has 2 aromatic carbocycles. The highest BCUT2D eigenvalue weighted by Gasteiger charge is 2.16. The van der Waals surface area contributed by atoms with Gasteiger partial charge in [-0.1, -0.05) is 12.1 Å². The Bertz CT molecular complexity index is 808. The summed E-state index contributed by atoms with van der Waals surface area (Å²) < 4.78 is 21.5. The lowest BCUT2D eigenvalue weighted by molar-refractivity contribution is -0.118. The van der Waals surface area contributed by atoms with E-state index >= 15 is 0 Å². The van der Waals surface area contributed by atoms with Gasteiger partial charge < -0.3 is 24.3 Å². The van der Waals surface area contributed by atoms with Crippen LogP contribution in [-0.2, 0) is 4.79 Å². The number of amides is 1. The lowest BCUT2D eigenvalue weighted by Crippen LogP contribution is -2.26. The van der Waals surface area contributed by atoms with Gasteiger partial charge in [0.05, 0.1) is 28.4 Å². The van der Waals surface area contributed by atoms with Crippen LogP contribution < -0.4 is 24.3 Å². The average Bonchev–Trinajstić information content (AvgIpc) is 2.75. The second kappa shape index (κ2) is 10.5. The third-order valence-electron chi connectivity index (χ3n) is 4.09. The van der Waals surface area contributed by atoms with Gasteiger partial charge in [0.1, 0.15) is 11.6 Å². The monoisotopic (exact) mass is 405 g/mol. The molecule has 1 amide bonds. The first-order chi connectivity index (χ1) is 13.6. The molecule has 0 heterocycles. The number of alkyl halides is 1. The largest absolute Gasteiger partial charge is 0.497 e. The van der Waals surface area contributed by atoms with Crippen LogP contribution in [0.5, 0.6) is 23.0 Å². The first-order valence-corrected chi connectivity index (χ1v) is 9.07. The number of hydrogen-bond donors (Lipinski definition) is 1. The van der Waals surface area contributed by atoms with E-state index in [1.54, 1.807) is 28.4 Å². The average molecular weight is 406 g/mol. The summed E-state index contributed by atoms with van der Waals surface area (Å²) in [5.74, 6) is 1.96. The van der Waals surface area contributed by atoms with E-state index < -0.39 is 0 Å². The van der Waals surface area contributed by atoms with Gasteiger partial charge in [0.25, 0.3) is 0 Å². The number of carbonyl (C=O) groups is 1. The number of halogens is 1. The predicted molar refractivity (Wildman–Crippen MR) is 111 cm³/mol. The molecule has 1 N–H and O–H groups in total. The number of methoxy groups -OCH3 is 4. The van der Waals surface area contributed by atoms with Gasteiger partial charge >= 0.3 is 0 Å². The number of hydrogen-bond acceptors (Lipinski definition) is 5. The first kappa shape index (κ1) is 21.4. The van der Waals surface area contributed by atoms with E-state index in [4.69, 9.17) is 30.5 Å². The molecule has 0 unspecified atom stereocenters. The maximum absolute atomic E-state index is 11.7. The zero-order valence-electron chi connectivity index (χ0n) is 16.4. The van der Waals surface area contributed by atoms with E-state index in [1.807, 2.05) is 42.5 Å². The Balaban J connectivity index is 2.50. The molecule has 6 nitrogen and oxygen atoms in total. The van der Waals surface area contributed by atoms with Crippen LogP contribution in [-0.4, -0.2) is 46.8 Å². The van der Waals surface area contributed by atoms with Crippen molar-refractivity contribution in [2.45, 2.75) is 0 Å².